The van der Waals surface area contributed by atoms with Crippen molar-refractivity contribution in [3.8, 4) is 0 Å². The summed E-state index contributed by atoms with van der Waals surface area (Å²) in [5.41, 5.74) is 0. The Hall–Kier alpha value is 0.270. The van der Waals surface area contributed by atoms with Gasteiger partial charge in [-0.15, -0.1) is 0 Å². The van der Waals surface area contributed by atoms with Gasteiger partial charge in [0.05, 0.1) is 0 Å². The quantitative estimate of drug-likeness (QED) is 0.817. The van der Waals surface area contributed by atoms with E-state index in [-0.39, 0.29) is 0 Å². The van der Waals surface area contributed by atoms with Crippen molar-refractivity contribution in [2.45, 2.75) is 44.2 Å². The third-order valence-electron chi connectivity index (χ3n) is 4.35. The van der Waals surface area contributed by atoms with Crippen LogP contribution in [-0.4, -0.2) is 49.1 Å². The first-order chi connectivity index (χ1) is 7.83. The van der Waals surface area contributed by atoms with E-state index in [1.54, 1.807) is 0 Å². The Bertz CT molecular complexity index is 204. The van der Waals surface area contributed by atoms with Gasteiger partial charge in [0.2, 0.25) is 0 Å². The number of nitrogens with one attached hydrogen (secondary N) is 1. The molecule has 3 heteroatoms. The molecule has 0 aromatic heterocycles. The van der Waals surface area contributed by atoms with Crippen molar-refractivity contribution in [2.24, 2.45) is 5.92 Å². The fraction of sp³-hybridized carbons (Fsp3) is 1.00. The molecule has 16 heavy (non-hydrogen) atoms. The van der Waals surface area contributed by atoms with Gasteiger partial charge < -0.3 is 10.2 Å². The van der Waals surface area contributed by atoms with Gasteiger partial charge in [-0.05, 0) is 32.9 Å². The number of nitrogens with zero attached hydrogens (tertiary/aromatic N) is 1. The fourth-order valence-electron chi connectivity index (χ4n) is 3.32. The molecule has 0 amide bonds. The summed E-state index contributed by atoms with van der Waals surface area (Å²) in [4.78, 5) is 2.58. The number of likely N-dealkylation sites (N-methyl/N-ethyl adjacent to an activating group) is 2. The first kappa shape index (κ1) is 12.7. The summed E-state index contributed by atoms with van der Waals surface area (Å²) in [6, 6.07) is 1.48. The molecular weight excluding hydrogens is 216 g/mol. The molecule has 1 heterocycles. The first-order valence-corrected chi connectivity index (χ1v) is 7.93. The van der Waals surface area contributed by atoms with E-state index in [2.05, 4.69) is 36.1 Å². The molecule has 0 radical (unpaired) electrons. The maximum atomic E-state index is 3.62. The third-order valence-corrected chi connectivity index (χ3v) is 5.40. The predicted octanol–water partition coefficient (Wildman–Crippen LogP) is 2.20. The average molecular weight is 242 g/mol. The molecule has 1 saturated heterocycles. The lowest BCUT2D eigenvalue weighted by Crippen LogP contribution is -2.55. The molecule has 1 aliphatic carbocycles. The van der Waals surface area contributed by atoms with Crippen LogP contribution in [0.4, 0.5) is 0 Å². The van der Waals surface area contributed by atoms with Crippen molar-refractivity contribution in [3.63, 3.8) is 0 Å². The van der Waals surface area contributed by atoms with E-state index in [0.29, 0.717) is 0 Å². The highest BCUT2D eigenvalue weighted by Gasteiger charge is 2.33. The van der Waals surface area contributed by atoms with Gasteiger partial charge in [-0.3, -0.25) is 0 Å². The van der Waals surface area contributed by atoms with Gasteiger partial charge in [-0.25, -0.2) is 0 Å². The minimum Gasteiger partial charge on any atom is -0.315 e. The molecule has 1 saturated carbocycles. The molecule has 0 spiro atoms. The Morgan fingerprint density at radius 2 is 2.00 bits per heavy atom. The Morgan fingerprint density at radius 3 is 2.62 bits per heavy atom. The molecule has 1 aliphatic heterocycles. The summed E-state index contributed by atoms with van der Waals surface area (Å²) in [6.07, 6.45) is 7.25. The van der Waals surface area contributed by atoms with Gasteiger partial charge in [0.1, 0.15) is 0 Å². The maximum absolute atomic E-state index is 3.62. The second kappa shape index (κ2) is 6.27. The van der Waals surface area contributed by atoms with Crippen LogP contribution in [0, 0.1) is 5.92 Å². The van der Waals surface area contributed by atoms with Gasteiger partial charge in [0.25, 0.3) is 0 Å². The summed E-state index contributed by atoms with van der Waals surface area (Å²) in [7, 11) is 4.46. The lowest BCUT2D eigenvalue weighted by Gasteiger charge is -2.42. The highest BCUT2D eigenvalue weighted by atomic mass is 32.2. The highest BCUT2D eigenvalue weighted by Crippen LogP contribution is 2.30. The first-order valence-electron chi connectivity index (χ1n) is 6.78. The van der Waals surface area contributed by atoms with Crippen LogP contribution < -0.4 is 5.32 Å². The van der Waals surface area contributed by atoms with Crippen molar-refractivity contribution in [1.82, 2.24) is 10.2 Å². The summed E-state index contributed by atoms with van der Waals surface area (Å²) >= 11 is 2.13. The Kier molecular flexibility index (Phi) is 4.98. The Labute approximate surface area is 105 Å². The van der Waals surface area contributed by atoms with E-state index in [1.807, 2.05) is 0 Å². The molecule has 94 valence electrons. The molecule has 2 nitrogen and oxygen atoms in total. The maximum Gasteiger partial charge on any atom is 0.0339 e. The number of hydrogen-bond donors (Lipinski definition) is 1. The van der Waals surface area contributed by atoms with Crippen LogP contribution in [0.15, 0.2) is 0 Å². The normalized spacial score (nSPS) is 31.5. The SMILES string of the molecule is CNC(C1CCCCC1)C1CSCCN1C. The zero-order chi connectivity index (χ0) is 11.4. The topological polar surface area (TPSA) is 15.3 Å². The van der Waals surface area contributed by atoms with Gasteiger partial charge in [0.15, 0.2) is 0 Å². The van der Waals surface area contributed by atoms with Crippen LogP contribution in [0.3, 0.4) is 0 Å². The van der Waals surface area contributed by atoms with Crippen molar-refractivity contribution >= 4 is 11.8 Å². The zero-order valence-electron chi connectivity index (χ0n) is 10.7. The van der Waals surface area contributed by atoms with Crippen LogP contribution in [-0.2, 0) is 0 Å². The second-order valence-electron chi connectivity index (χ2n) is 5.34. The van der Waals surface area contributed by atoms with E-state index in [9.17, 15) is 0 Å². The zero-order valence-corrected chi connectivity index (χ0v) is 11.6. The van der Waals surface area contributed by atoms with Crippen molar-refractivity contribution < 1.29 is 0 Å². The molecule has 2 aliphatic rings. The molecule has 0 aromatic carbocycles. The van der Waals surface area contributed by atoms with E-state index in [4.69, 9.17) is 0 Å². The summed E-state index contributed by atoms with van der Waals surface area (Å²) in [5, 5.41) is 3.62. The summed E-state index contributed by atoms with van der Waals surface area (Å²) in [6.45, 7) is 1.26. The molecule has 2 unspecified atom stereocenters. The molecular formula is C13H26N2S. The van der Waals surface area contributed by atoms with E-state index >= 15 is 0 Å². The molecule has 0 aromatic rings. The Morgan fingerprint density at radius 1 is 1.25 bits per heavy atom. The van der Waals surface area contributed by atoms with Crippen molar-refractivity contribution in [1.29, 1.82) is 0 Å². The van der Waals surface area contributed by atoms with Crippen molar-refractivity contribution in [2.75, 3.05) is 32.1 Å². The third kappa shape index (κ3) is 2.93. The van der Waals surface area contributed by atoms with Gasteiger partial charge in [0, 0.05) is 30.1 Å². The van der Waals surface area contributed by atoms with Gasteiger partial charge >= 0.3 is 0 Å². The summed E-state index contributed by atoms with van der Waals surface area (Å²) in [5.74, 6) is 3.55. The van der Waals surface area contributed by atoms with Crippen LogP contribution in [0.5, 0.6) is 0 Å². The largest absolute Gasteiger partial charge is 0.315 e. The lowest BCUT2D eigenvalue weighted by atomic mass is 9.81. The molecule has 2 rings (SSSR count). The fourth-order valence-corrected chi connectivity index (χ4v) is 4.61. The number of hydrogen-bond acceptors (Lipinski definition) is 3. The summed E-state index contributed by atoms with van der Waals surface area (Å²) < 4.78 is 0. The molecule has 0 bridgehead atoms. The molecule has 2 fully saturated rings. The van der Waals surface area contributed by atoms with Crippen LogP contribution >= 0.6 is 11.8 Å². The van der Waals surface area contributed by atoms with Gasteiger partial charge in [-0.1, -0.05) is 19.3 Å². The second-order valence-corrected chi connectivity index (χ2v) is 6.49. The molecule has 1 N–H and O–H groups in total. The predicted molar refractivity (Wildman–Crippen MR) is 73.2 cm³/mol. The van der Waals surface area contributed by atoms with Crippen LogP contribution in [0.25, 0.3) is 0 Å². The smallest absolute Gasteiger partial charge is 0.0339 e. The average Bonchev–Trinajstić information content (AvgIpc) is 2.34. The number of thioether (sulfide) groups is 1. The van der Waals surface area contributed by atoms with Gasteiger partial charge in [-0.2, -0.15) is 11.8 Å². The Balaban J connectivity index is 1.96. The molecule has 2 atom stereocenters. The van der Waals surface area contributed by atoms with Crippen LogP contribution in [0.1, 0.15) is 32.1 Å². The lowest BCUT2D eigenvalue weighted by molar-refractivity contribution is 0.156. The minimum atomic E-state index is 0.720. The minimum absolute atomic E-state index is 0.720. The van der Waals surface area contributed by atoms with E-state index in [1.165, 1.54) is 50.2 Å². The monoisotopic (exact) mass is 242 g/mol. The van der Waals surface area contributed by atoms with E-state index < -0.39 is 0 Å². The van der Waals surface area contributed by atoms with E-state index in [0.717, 1.165) is 18.0 Å². The van der Waals surface area contributed by atoms with Crippen LogP contribution in [0.2, 0.25) is 0 Å². The number of rotatable bonds is 3. The van der Waals surface area contributed by atoms with Crippen molar-refractivity contribution in [3.05, 3.63) is 0 Å². The highest BCUT2D eigenvalue weighted by molar-refractivity contribution is 7.99. The standard InChI is InChI=1S/C13H26N2S/c1-14-13(11-6-4-3-5-7-11)12-10-16-9-8-15(12)2/h11-14H,3-10H2,1-2H3.